The van der Waals surface area contributed by atoms with E-state index in [1.165, 1.54) is 0 Å². The molecule has 1 aromatic rings. The van der Waals surface area contributed by atoms with Crippen LogP contribution in [-0.2, 0) is 14.8 Å². The maximum Gasteiger partial charge on any atom is 0.243 e. The van der Waals surface area contributed by atoms with E-state index in [4.69, 9.17) is 4.74 Å². The van der Waals surface area contributed by atoms with Gasteiger partial charge >= 0.3 is 0 Å². The van der Waals surface area contributed by atoms with Gasteiger partial charge in [-0.2, -0.15) is 4.31 Å². The van der Waals surface area contributed by atoms with E-state index < -0.39 is 10.0 Å². The molecule has 1 aliphatic carbocycles. The van der Waals surface area contributed by atoms with Crippen LogP contribution in [0.25, 0.3) is 0 Å². The molecular weight excluding hydrogens is 274 g/mol. The molecule has 1 heterocycles. The second kappa shape index (κ2) is 5.47. The van der Waals surface area contributed by atoms with Gasteiger partial charge in [0.15, 0.2) is 0 Å². The lowest BCUT2D eigenvalue weighted by atomic mass is 10.1. The van der Waals surface area contributed by atoms with Crippen LogP contribution in [0.15, 0.2) is 29.2 Å². The van der Waals surface area contributed by atoms with E-state index >= 15 is 0 Å². The van der Waals surface area contributed by atoms with Crippen molar-refractivity contribution in [2.24, 2.45) is 0 Å². The van der Waals surface area contributed by atoms with Gasteiger partial charge in [-0.25, -0.2) is 8.42 Å². The van der Waals surface area contributed by atoms with Gasteiger partial charge in [0.1, 0.15) is 0 Å². The van der Waals surface area contributed by atoms with Crippen molar-refractivity contribution in [1.82, 2.24) is 4.31 Å². The summed E-state index contributed by atoms with van der Waals surface area (Å²) < 4.78 is 33.0. The number of aryl methyl sites for hydroxylation is 1. The number of benzene rings is 1. The molecule has 0 aromatic heterocycles. The van der Waals surface area contributed by atoms with Crippen molar-refractivity contribution in [1.29, 1.82) is 0 Å². The highest BCUT2D eigenvalue weighted by Crippen LogP contribution is 2.36. The summed E-state index contributed by atoms with van der Waals surface area (Å²) in [4.78, 5) is 0.427. The second-order valence-electron chi connectivity index (χ2n) is 5.73. The van der Waals surface area contributed by atoms with Gasteiger partial charge in [0, 0.05) is 25.3 Å². The van der Waals surface area contributed by atoms with Crippen molar-refractivity contribution in [3.8, 4) is 0 Å². The summed E-state index contributed by atoms with van der Waals surface area (Å²) in [6.45, 7) is 3.25. The molecule has 4 nitrogen and oxygen atoms in total. The van der Waals surface area contributed by atoms with Crippen molar-refractivity contribution < 1.29 is 13.2 Å². The van der Waals surface area contributed by atoms with Crippen LogP contribution in [0.1, 0.15) is 31.2 Å². The van der Waals surface area contributed by atoms with Gasteiger partial charge in [-0.15, -0.1) is 0 Å². The number of rotatable bonds is 4. The molecule has 1 saturated heterocycles. The summed E-state index contributed by atoms with van der Waals surface area (Å²) in [6, 6.07) is 7.51. The van der Waals surface area contributed by atoms with Crippen LogP contribution in [0, 0.1) is 6.92 Å². The summed E-state index contributed by atoms with van der Waals surface area (Å²) >= 11 is 0. The van der Waals surface area contributed by atoms with Gasteiger partial charge in [0.05, 0.1) is 4.90 Å². The largest absolute Gasteiger partial charge is 0.381 e. The Bertz CT molecular complexity index is 575. The Hall–Kier alpha value is -0.910. The third-order valence-corrected chi connectivity index (χ3v) is 6.02. The zero-order valence-electron chi connectivity index (χ0n) is 11.8. The number of sulfonamides is 1. The molecule has 1 aliphatic heterocycles. The van der Waals surface area contributed by atoms with E-state index in [1.54, 1.807) is 16.4 Å². The predicted molar refractivity (Wildman–Crippen MR) is 77.1 cm³/mol. The van der Waals surface area contributed by atoms with Crippen LogP contribution < -0.4 is 0 Å². The highest BCUT2D eigenvalue weighted by molar-refractivity contribution is 7.89. The lowest BCUT2D eigenvalue weighted by molar-refractivity contribution is 0.0569. The van der Waals surface area contributed by atoms with Crippen molar-refractivity contribution in [3.63, 3.8) is 0 Å². The van der Waals surface area contributed by atoms with Gasteiger partial charge in [0.25, 0.3) is 0 Å². The zero-order valence-corrected chi connectivity index (χ0v) is 12.6. The van der Waals surface area contributed by atoms with Crippen LogP contribution in [-0.4, -0.2) is 38.0 Å². The zero-order chi connectivity index (χ0) is 14.2. The average molecular weight is 295 g/mol. The molecule has 1 saturated carbocycles. The van der Waals surface area contributed by atoms with Gasteiger partial charge in [-0.3, -0.25) is 0 Å². The molecule has 20 heavy (non-hydrogen) atoms. The summed E-state index contributed by atoms with van der Waals surface area (Å²) in [7, 11) is -3.38. The number of nitrogens with zero attached hydrogens (tertiary/aromatic N) is 1. The molecule has 1 aromatic carbocycles. The Kier molecular flexibility index (Phi) is 3.84. The van der Waals surface area contributed by atoms with E-state index in [1.807, 2.05) is 19.1 Å². The molecule has 2 aliphatic rings. The molecule has 3 rings (SSSR count). The summed E-state index contributed by atoms with van der Waals surface area (Å²) in [5.41, 5.74) is 0.980. The standard InChI is InChI=1S/C15H21NO3S/c1-12-3-2-4-15(11-12)20(17,18)16(13-5-6-13)14-7-9-19-10-8-14/h2-4,11,13-14H,5-10H2,1H3. The van der Waals surface area contributed by atoms with E-state index in [2.05, 4.69) is 0 Å². The quantitative estimate of drug-likeness (QED) is 0.856. The van der Waals surface area contributed by atoms with Gasteiger partial charge < -0.3 is 4.74 Å². The van der Waals surface area contributed by atoms with Crippen LogP contribution in [0.5, 0.6) is 0 Å². The number of hydrogen-bond donors (Lipinski definition) is 0. The molecular formula is C15H21NO3S. The Morgan fingerprint density at radius 3 is 2.35 bits per heavy atom. The first-order valence-corrected chi connectivity index (χ1v) is 8.71. The Morgan fingerprint density at radius 2 is 1.75 bits per heavy atom. The molecule has 0 bridgehead atoms. The molecule has 0 amide bonds. The lowest BCUT2D eigenvalue weighted by Crippen LogP contribution is -2.44. The normalized spacial score (nSPS) is 21.3. The molecule has 0 unspecified atom stereocenters. The minimum atomic E-state index is -3.38. The van der Waals surface area contributed by atoms with E-state index in [0.717, 1.165) is 31.2 Å². The van der Waals surface area contributed by atoms with Crippen molar-refractivity contribution >= 4 is 10.0 Å². The minimum absolute atomic E-state index is 0.0989. The maximum absolute atomic E-state index is 13.0. The molecule has 0 atom stereocenters. The highest BCUT2D eigenvalue weighted by Gasteiger charge is 2.42. The van der Waals surface area contributed by atoms with Crippen LogP contribution in [0.4, 0.5) is 0 Å². The molecule has 0 N–H and O–H groups in total. The smallest absolute Gasteiger partial charge is 0.243 e. The minimum Gasteiger partial charge on any atom is -0.381 e. The first kappa shape index (κ1) is 14.0. The lowest BCUT2D eigenvalue weighted by Gasteiger charge is -2.33. The Labute approximate surface area is 120 Å². The molecule has 5 heteroatoms. The van der Waals surface area contributed by atoms with Crippen LogP contribution >= 0.6 is 0 Å². The fourth-order valence-corrected chi connectivity index (χ4v) is 4.89. The third-order valence-electron chi connectivity index (χ3n) is 4.02. The van der Waals surface area contributed by atoms with Crippen molar-refractivity contribution in [2.45, 2.75) is 49.6 Å². The van der Waals surface area contributed by atoms with E-state index in [0.29, 0.717) is 18.1 Å². The molecule has 0 radical (unpaired) electrons. The predicted octanol–water partition coefficient (Wildman–Crippen LogP) is 2.33. The number of ether oxygens (including phenoxy) is 1. The maximum atomic E-state index is 13.0. The van der Waals surface area contributed by atoms with Crippen molar-refractivity contribution in [2.75, 3.05) is 13.2 Å². The van der Waals surface area contributed by atoms with Gasteiger partial charge in [0.2, 0.25) is 10.0 Å². The first-order chi connectivity index (χ1) is 9.59. The summed E-state index contributed by atoms with van der Waals surface area (Å²) in [6.07, 6.45) is 3.59. The monoisotopic (exact) mass is 295 g/mol. The molecule has 110 valence electrons. The van der Waals surface area contributed by atoms with E-state index in [-0.39, 0.29) is 12.1 Å². The fourth-order valence-electron chi connectivity index (χ4n) is 2.86. The second-order valence-corrected chi connectivity index (χ2v) is 7.57. The van der Waals surface area contributed by atoms with Gasteiger partial charge in [-0.1, -0.05) is 12.1 Å². The number of hydrogen-bond acceptors (Lipinski definition) is 3. The Morgan fingerprint density at radius 1 is 1.10 bits per heavy atom. The summed E-state index contributed by atoms with van der Waals surface area (Å²) in [5.74, 6) is 0. The third kappa shape index (κ3) is 2.75. The van der Waals surface area contributed by atoms with Crippen LogP contribution in [0.2, 0.25) is 0 Å². The highest BCUT2D eigenvalue weighted by atomic mass is 32.2. The molecule has 2 fully saturated rings. The molecule has 0 spiro atoms. The fraction of sp³-hybridized carbons (Fsp3) is 0.600. The Balaban J connectivity index is 1.93. The average Bonchev–Trinajstić information content (AvgIpc) is 3.24. The summed E-state index contributed by atoms with van der Waals surface area (Å²) in [5, 5.41) is 0. The first-order valence-electron chi connectivity index (χ1n) is 7.27. The van der Waals surface area contributed by atoms with Crippen LogP contribution in [0.3, 0.4) is 0 Å². The topological polar surface area (TPSA) is 46.6 Å². The van der Waals surface area contributed by atoms with Crippen molar-refractivity contribution in [3.05, 3.63) is 29.8 Å². The van der Waals surface area contributed by atoms with Gasteiger partial charge in [-0.05, 0) is 50.3 Å². The SMILES string of the molecule is Cc1cccc(S(=O)(=O)N(C2CCOCC2)C2CC2)c1. The van der Waals surface area contributed by atoms with E-state index in [9.17, 15) is 8.42 Å².